The van der Waals surface area contributed by atoms with Gasteiger partial charge in [-0.1, -0.05) is 42.0 Å². The molecule has 0 spiro atoms. The van der Waals surface area contributed by atoms with Crippen LogP contribution in [0.3, 0.4) is 0 Å². The van der Waals surface area contributed by atoms with Crippen LogP contribution in [0.2, 0.25) is 0 Å². The fourth-order valence-corrected chi connectivity index (χ4v) is 2.96. The number of imidazole rings is 2. The molecular weight excluding hydrogens is 356 g/mol. The van der Waals surface area contributed by atoms with Crippen molar-refractivity contribution in [3.05, 3.63) is 77.4 Å². The van der Waals surface area contributed by atoms with E-state index in [1.54, 1.807) is 0 Å². The van der Waals surface area contributed by atoms with Crippen molar-refractivity contribution in [3.8, 4) is 0 Å². The largest absolute Gasteiger partial charge is 0.364 e. The topological polar surface area (TPSA) is 121 Å². The van der Waals surface area contributed by atoms with Crippen LogP contribution in [0.4, 0.5) is 5.95 Å². The number of H-pyrrole nitrogens is 2. The minimum atomic E-state index is -0.749. The quantitative estimate of drug-likeness (QED) is 0.497. The number of aromatic amines is 2. The van der Waals surface area contributed by atoms with Crippen LogP contribution in [0.25, 0.3) is 11.0 Å². The Morgan fingerprint density at radius 3 is 2.57 bits per heavy atom. The SMILES string of the molecule is Cc1ccc(CN(C(=O)c2nc[nH]c2C(N)=O)c2nc3ccccc3[nH]2)cc1. The second kappa shape index (κ2) is 6.99. The van der Waals surface area contributed by atoms with Crippen molar-refractivity contribution >= 4 is 28.8 Å². The molecule has 0 saturated heterocycles. The van der Waals surface area contributed by atoms with Gasteiger partial charge in [-0.2, -0.15) is 0 Å². The summed E-state index contributed by atoms with van der Waals surface area (Å²) < 4.78 is 0. The standard InChI is InChI=1S/C20H18N6O2/c1-12-6-8-13(9-7-12)10-26(19(28)17-16(18(21)27)22-11-23-17)20-24-14-4-2-3-5-15(14)25-20/h2-9,11H,10H2,1H3,(H2,21,27)(H,22,23)(H,24,25). The number of aryl methyl sites for hydroxylation is 1. The number of nitrogens with zero attached hydrogens (tertiary/aromatic N) is 3. The van der Waals surface area contributed by atoms with Crippen LogP contribution in [0.5, 0.6) is 0 Å². The molecule has 0 radical (unpaired) electrons. The van der Waals surface area contributed by atoms with Crippen molar-refractivity contribution < 1.29 is 9.59 Å². The Hall–Kier alpha value is -3.94. The van der Waals surface area contributed by atoms with Crippen LogP contribution in [0, 0.1) is 6.92 Å². The van der Waals surface area contributed by atoms with E-state index in [1.807, 2.05) is 55.5 Å². The van der Waals surface area contributed by atoms with Gasteiger partial charge in [-0.3, -0.25) is 14.5 Å². The van der Waals surface area contributed by atoms with E-state index < -0.39 is 11.8 Å². The molecule has 8 heteroatoms. The second-order valence-corrected chi connectivity index (χ2v) is 6.44. The third-order valence-corrected chi connectivity index (χ3v) is 4.43. The van der Waals surface area contributed by atoms with E-state index in [4.69, 9.17) is 5.73 Å². The van der Waals surface area contributed by atoms with Crippen molar-refractivity contribution in [1.82, 2.24) is 19.9 Å². The molecule has 28 heavy (non-hydrogen) atoms. The first-order valence-electron chi connectivity index (χ1n) is 8.68. The third-order valence-electron chi connectivity index (χ3n) is 4.43. The summed E-state index contributed by atoms with van der Waals surface area (Å²) in [4.78, 5) is 40.7. The fraction of sp³-hybridized carbons (Fsp3) is 0.100. The number of hydrogen-bond acceptors (Lipinski definition) is 4. The normalized spacial score (nSPS) is 10.9. The molecule has 2 aromatic carbocycles. The maximum atomic E-state index is 13.3. The molecule has 0 aliphatic heterocycles. The van der Waals surface area contributed by atoms with E-state index in [9.17, 15) is 9.59 Å². The zero-order valence-corrected chi connectivity index (χ0v) is 15.1. The van der Waals surface area contributed by atoms with Gasteiger partial charge in [0.05, 0.1) is 23.9 Å². The first-order valence-corrected chi connectivity index (χ1v) is 8.68. The Bertz CT molecular complexity index is 1130. The summed E-state index contributed by atoms with van der Waals surface area (Å²) in [6, 6.07) is 15.3. The van der Waals surface area contributed by atoms with Crippen LogP contribution in [0.1, 0.15) is 32.1 Å². The van der Waals surface area contributed by atoms with Gasteiger partial charge in [0, 0.05) is 0 Å². The van der Waals surface area contributed by atoms with E-state index in [2.05, 4.69) is 19.9 Å². The first kappa shape index (κ1) is 17.5. The van der Waals surface area contributed by atoms with E-state index in [-0.39, 0.29) is 17.9 Å². The lowest BCUT2D eigenvalue weighted by atomic mass is 10.1. The Kier molecular flexibility index (Phi) is 4.36. The first-order chi connectivity index (χ1) is 13.5. The predicted molar refractivity (Wildman–Crippen MR) is 105 cm³/mol. The number of para-hydroxylation sites is 2. The van der Waals surface area contributed by atoms with Gasteiger partial charge in [-0.25, -0.2) is 9.97 Å². The summed E-state index contributed by atoms with van der Waals surface area (Å²) in [7, 11) is 0. The molecule has 2 heterocycles. The molecule has 0 atom stereocenters. The number of aromatic nitrogens is 4. The molecule has 4 N–H and O–H groups in total. The molecule has 4 rings (SSSR count). The molecule has 0 bridgehead atoms. The van der Waals surface area contributed by atoms with Gasteiger partial charge in [0.25, 0.3) is 11.8 Å². The summed E-state index contributed by atoms with van der Waals surface area (Å²) >= 11 is 0. The summed E-state index contributed by atoms with van der Waals surface area (Å²) in [6.07, 6.45) is 1.27. The zero-order valence-electron chi connectivity index (χ0n) is 15.1. The zero-order chi connectivity index (χ0) is 19.7. The van der Waals surface area contributed by atoms with E-state index in [0.29, 0.717) is 5.95 Å². The third kappa shape index (κ3) is 3.23. The predicted octanol–water partition coefficient (Wildman–Crippen LogP) is 2.54. The highest BCUT2D eigenvalue weighted by atomic mass is 16.2. The number of anilines is 1. The Balaban J connectivity index is 1.78. The number of amides is 2. The highest BCUT2D eigenvalue weighted by Gasteiger charge is 2.27. The molecule has 0 unspecified atom stereocenters. The van der Waals surface area contributed by atoms with Crippen molar-refractivity contribution in [2.75, 3.05) is 4.90 Å². The van der Waals surface area contributed by atoms with Crippen molar-refractivity contribution in [2.45, 2.75) is 13.5 Å². The lowest BCUT2D eigenvalue weighted by Crippen LogP contribution is -2.33. The minimum absolute atomic E-state index is 0.0324. The number of nitrogens with one attached hydrogen (secondary N) is 2. The van der Waals surface area contributed by atoms with Crippen molar-refractivity contribution in [1.29, 1.82) is 0 Å². The van der Waals surface area contributed by atoms with Crippen molar-refractivity contribution in [3.63, 3.8) is 0 Å². The van der Waals surface area contributed by atoms with Crippen LogP contribution in [-0.2, 0) is 6.54 Å². The fourth-order valence-electron chi connectivity index (χ4n) is 2.96. The molecule has 0 fully saturated rings. The van der Waals surface area contributed by atoms with Crippen molar-refractivity contribution in [2.24, 2.45) is 5.73 Å². The van der Waals surface area contributed by atoms with Gasteiger partial charge < -0.3 is 15.7 Å². The number of primary amides is 1. The molecule has 2 aromatic heterocycles. The smallest absolute Gasteiger partial charge is 0.281 e. The van der Waals surface area contributed by atoms with E-state index in [1.165, 1.54) is 11.2 Å². The molecule has 140 valence electrons. The minimum Gasteiger partial charge on any atom is -0.364 e. The highest BCUT2D eigenvalue weighted by molar-refractivity contribution is 6.10. The second-order valence-electron chi connectivity index (χ2n) is 6.44. The molecule has 0 aliphatic carbocycles. The Morgan fingerprint density at radius 1 is 1.11 bits per heavy atom. The Labute approximate surface area is 160 Å². The van der Waals surface area contributed by atoms with Gasteiger partial charge >= 0.3 is 0 Å². The molecule has 0 saturated carbocycles. The van der Waals surface area contributed by atoms with Crippen LogP contribution in [0.15, 0.2) is 54.9 Å². The van der Waals surface area contributed by atoms with E-state index >= 15 is 0 Å². The molecule has 0 aliphatic rings. The van der Waals surface area contributed by atoms with E-state index in [0.717, 1.165) is 22.2 Å². The Morgan fingerprint density at radius 2 is 1.86 bits per heavy atom. The average molecular weight is 374 g/mol. The highest BCUT2D eigenvalue weighted by Crippen LogP contribution is 2.22. The lowest BCUT2D eigenvalue weighted by Gasteiger charge is -2.19. The summed E-state index contributed by atoms with van der Waals surface area (Å²) in [5, 5.41) is 0. The summed E-state index contributed by atoms with van der Waals surface area (Å²) in [5.41, 5.74) is 8.85. The van der Waals surface area contributed by atoms with Crippen LogP contribution >= 0.6 is 0 Å². The summed E-state index contributed by atoms with van der Waals surface area (Å²) in [6.45, 7) is 2.25. The number of benzene rings is 2. The molecule has 8 nitrogen and oxygen atoms in total. The molecular formula is C20H18N6O2. The van der Waals surface area contributed by atoms with Gasteiger partial charge in [0.2, 0.25) is 5.95 Å². The lowest BCUT2D eigenvalue weighted by molar-refractivity contribution is 0.0953. The maximum Gasteiger partial charge on any atom is 0.281 e. The van der Waals surface area contributed by atoms with Crippen LogP contribution in [-0.4, -0.2) is 31.8 Å². The van der Waals surface area contributed by atoms with Gasteiger partial charge in [0.1, 0.15) is 5.69 Å². The molecule has 2 amide bonds. The number of fused-ring (bicyclic) bond motifs is 1. The number of carbonyl (C=O) groups is 2. The monoisotopic (exact) mass is 374 g/mol. The number of nitrogens with two attached hydrogens (primary N) is 1. The van der Waals surface area contributed by atoms with Gasteiger partial charge in [-0.05, 0) is 24.6 Å². The molecule has 4 aromatic rings. The number of rotatable bonds is 5. The number of hydrogen-bond donors (Lipinski definition) is 3. The average Bonchev–Trinajstić information content (AvgIpc) is 3.34. The maximum absolute atomic E-state index is 13.3. The summed E-state index contributed by atoms with van der Waals surface area (Å²) in [5.74, 6) is -0.861. The van der Waals surface area contributed by atoms with Crippen LogP contribution < -0.4 is 10.6 Å². The number of carbonyl (C=O) groups excluding carboxylic acids is 2. The van der Waals surface area contributed by atoms with Gasteiger partial charge in [0.15, 0.2) is 5.69 Å². The van der Waals surface area contributed by atoms with Gasteiger partial charge in [-0.15, -0.1) is 0 Å².